The molecule has 0 radical (unpaired) electrons. The van der Waals surface area contributed by atoms with Crippen molar-refractivity contribution in [2.24, 2.45) is 5.41 Å². The van der Waals surface area contributed by atoms with Crippen molar-refractivity contribution in [3.05, 3.63) is 0 Å². The normalized spacial score (nSPS) is 19.7. The van der Waals surface area contributed by atoms with Gasteiger partial charge in [0.05, 0.1) is 0 Å². The average molecular weight is 255 g/mol. The van der Waals surface area contributed by atoms with Gasteiger partial charge in [0.25, 0.3) is 0 Å². The highest BCUT2D eigenvalue weighted by Crippen LogP contribution is 2.16. The lowest BCUT2D eigenvalue weighted by Gasteiger charge is -2.38. The summed E-state index contributed by atoms with van der Waals surface area (Å²) in [5.41, 5.74) is 0.334. The zero-order valence-electron chi connectivity index (χ0n) is 12.6. The van der Waals surface area contributed by atoms with Crippen molar-refractivity contribution >= 4 is 6.03 Å². The monoisotopic (exact) mass is 255 g/mol. The summed E-state index contributed by atoms with van der Waals surface area (Å²) in [4.78, 5) is 16.3. The molecule has 0 spiro atoms. The molecule has 1 aliphatic rings. The summed E-state index contributed by atoms with van der Waals surface area (Å²) >= 11 is 0. The van der Waals surface area contributed by atoms with Gasteiger partial charge in [-0.15, -0.1) is 0 Å². The number of hydrogen-bond donors (Lipinski definition) is 1. The number of nitrogens with zero attached hydrogens (tertiary/aromatic N) is 2. The smallest absolute Gasteiger partial charge is 0.317 e. The second-order valence-corrected chi connectivity index (χ2v) is 6.58. The fraction of sp³-hybridized carbons (Fsp3) is 0.929. The van der Waals surface area contributed by atoms with Crippen LogP contribution >= 0.6 is 0 Å². The van der Waals surface area contributed by atoms with E-state index < -0.39 is 0 Å². The Labute approximate surface area is 112 Å². The van der Waals surface area contributed by atoms with Crippen molar-refractivity contribution in [2.45, 2.75) is 47.1 Å². The molecule has 2 amide bonds. The van der Waals surface area contributed by atoms with E-state index in [-0.39, 0.29) is 12.1 Å². The maximum atomic E-state index is 12.0. The van der Waals surface area contributed by atoms with E-state index in [1.165, 1.54) is 0 Å². The summed E-state index contributed by atoms with van der Waals surface area (Å²) in [6, 6.07) is 0.366. The molecule has 1 unspecified atom stereocenters. The van der Waals surface area contributed by atoms with Crippen molar-refractivity contribution in [3.8, 4) is 0 Å². The molecule has 1 heterocycles. The molecule has 4 heteroatoms. The Kier molecular flexibility index (Phi) is 5.45. The number of carbonyl (C=O) groups is 1. The number of piperazine rings is 1. The van der Waals surface area contributed by atoms with E-state index in [4.69, 9.17) is 0 Å². The molecule has 1 aliphatic heterocycles. The molecule has 1 fully saturated rings. The van der Waals surface area contributed by atoms with Gasteiger partial charge in [0.1, 0.15) is 0 Å². The Bertz CT molecular complexity index is 265. The molecule has 0 saturated carbocycles. The summed E-state index contributed by atoms with van der Waals surface area (Å²) in [6.45, 7) is 15.7. The molecular formula is C14H29N3O. The molecule has 4 nitrogen and oxygen atoms in total. The molecule has 0 aromatic heterocycles. The number of carbonyl (C=O) groups excluding carboxylic acids is 1. The Morgan fingerprint density at radius 1 is 1.22 bits per heavy atom. The van der Waals surface area contributed by atoms with Gasteiger partial charge < -0.3 is 10.2 Å². The molecule has 1 atom stereocenters. The van der Waals surface area contributed by atoms with E-state index in [1.807, 2.05) is 11.8 Å². The minimum atomic E-state index is 0.0970. The summed E-state index contributed by atoms with van der Waals surface area (Å²) in [5, 5.41) is 3.03. The first-order chi connectivity index (χ1) is 8.31. The Hall–Kier alpha value is -0.770. The maximum Gasteiger partial charge on any atom is 0.317 e. The van der Waals surface area contributed by atoms with Crippen molar-refractivity contribution in [2.75, 3.05) is 32.7 Å². The first-order valence-corrected chi connectivity index (χ1v) is 7.09. The van der Waals surface area contributed by atoms with E-state index in [1.54, 1.807) is 0 Å². The zero-order valence-corrected chi connectivity index (χ0v) is 12.6. The van der Waals surface area contributed by atoms with Gasteiger partial charge in [0.2, 0.25) is 0 Å². The Balaban J connectivity index is 2.33. The van der Waals surface area contributed by atoms with Gasteiger partial charge in [-0.25, -0.2) is 4.79 Å². The molecule has 0 bridgehead atoms. The van der Waals surface area contributed by atoms with Crippen LogP contribution in [0.2, 0.25) is 0 Å². The van der Waals surface area contributed by atoms with Gasteiger partial charge in [-0.1, -0.05) is 27.7 Å². The van der Waals surface area contributed by atoms with Gasteiger partial charge in [-0.2, -0.15) is 0 Å². The summed E-state index contributed by atoms with van der Waals surface area (Å²) in [5.74, 6) is 0. The van der Waals surface area contributed by atoms with Gasteiger partial charge >= 0.3 is 6.03 Å². The lowest BCUT2D eigenvalue weighted by Crippen LogP contribution is -2.54. The van der Waals surface area contributed by atoms with Crippen LogP contribution in [0.3, 0.4) is 0 Å². The van der Waals surface area contributed by atoms with Gasteiger partial charge in [0.15, 0.2) is 0 Å². The van der Waals surface area contributed by atoms with Crippen LogP contribution in [0.15, 0.2) is 0 Å². The molecule has 106 valence electrons. The summed E-state index contributed by atoms with van der Waals surface area (Å²) in [7, 11) is 0. The standard InChI is InChI=1S/C14H29N3O/c1-6-12(2)15-13(18)17-9-7-16(8-10-17)11-14(3,4)5/h12H,6-11H2,1-5H3,(H,15,18). The van der Waals surface area contributed by atoms with Crippen molar-refractivity contribution in [3.63, 3.8) is 0 Å². The second-order valence-electron chi connectivity index (χ2n) is 6.58. The van der Waals surface area contributed by atoms with Gasteiger partial charge in [-0.3, -0.25) is 4.90 Å². The second kappa shape index (κ2) is 6.41. The van der Waals surface area contributed by atoms with Gasteiger partial charge in [-0.05, 0) is 18.8 Å². The highest BCUT2D eigenvalue weighted by atomic mass is 16.2. The van der Waals surface area contributed by atoms with Crippen LogP contribution < -0.4 is 5.32 Å². The predicted octanol–water partition coefficient (Wildman–Crippen LogP) is 2.16. The van der Waals surface area contributed by atoms with E-state index in [9.17, 15) is 4.79 Å². The van der Waals surface area contributed by atoms with E-state index in [0.717, 1.165) is 39.1 Å². The number of amides is 2. The number of nitrogens with one attached hydrogen (secondary N) is 1. The van der Waals surface area contributed by atoms with Crippen LogP contribution in [0.4, 0.5) is 4.79 Å². The van der Waals surface area contributed by atoms with Crippen LogP contribution in [0.25, 0.3) is 0 Å². The highest BCUT2D eigenvalue weighted by molar-refractivity contribution is 5.74. The minimum absolute atomic E-state index is 0.0970. The third kappa shape index (κ3) is 5.25. The molecule has 0 aromatic carbocycles. The van der Waals surface area contributed by atoms with Crippen LogP contribution in [-0.4, -0.2) is 54.6 Å². The fourth-order valence-corrected chi connectivity index (χ4v) is 2.18. The van der Waals surface area contributed by atoms with Crippen molar-refractivity contribution < 1.29 is 4.79 Å². The maximum absolute atomic E-state index is 12.0. The zero-order chi connectivity index (χ0) is 13.8. The molecule has 0 aliphatic carbocycles. The molecule has 1 N–H and O–H groups in total. The third-order valence-electron chi connectivity index (χ3n) is 3.34. The quantitative estimate of drug-likeness (QED) is 0.839. The molecule has 18 heavy (non-hydrogen) atoms. The largest absolute Gasteiger partial charge is 0.336 e. The number of urea groups is 1. The topological polar surface area (TPSA) is 35.6 Å². The van der Waals surface area contributed by atoms with Gasteiger partial charge in [0, 0.05) is 38.8 Å². The predicted molar refractivity (Wildman–Crippen MR) is 75.8 cm³/mol. The lowest BCUT2D eigenvalue weighted by molar-refractivity contribution is 0.112. The molecule has 1 saturated heterocycles. The van der Waals surface area contributed by atoms with Crippen molar-refractivity contribution in [1.29, 1.82) is 0 Å². The molecular weight excluding hydrogens is 226 g/mol. The number of rotatable bonds is 3. The highest BCUT2D eigenvalue weighted by Gasteiger charge is 2.24. The Morgan fingerprint density at radius 3 is 2.22 bits per heavy atom. The van der Waals surface area contributed by atoms with Crippen LogP contribution in [-0.2, 0) is 0 Å². The number of hydrogen-bond acceptors (Lipinski definition) is 2. The van der Waals surface area contributed by atoms with Crippen LogP contribution in [0.5, 0.6) is 0 Å². The van der Waals surface area contributed by atoms with E-state index >= 15 is 0 Å². The fourth-order valence-electron chi connectivity index (χ4n) is 2.18. The first kappa shape index (κ1) is 15.3. The molecule has 1 rings (SSSR count). The lowest BCUT2D eigenvalue weighted by atomic mass is 9.96. The summed E-state index contributed by atoms with van der Waals surface area (Å²) in [6.07, 6.45) is 0.982. The van der Waals surface area contributed by atoms with E-state index in [2.05, 4.69) is 37.9 Å². The first-order valence-electron chi connectivity index (χ1n) is 7.09. The van der Waals surface area contributed by atoms with Crippen LogP contribution in [0, 0.1) is 5.41 Å². The third-order valence-corrected chi connectivity index (χ3v) is 3.34. The Morgan fingerprint density at radius 2 is 1.78 bits per heavy atom. The summed E-state index contributed by atoms with van der Waals surface area (Å²) < 4.78 is 0. The SMILES string of the molecule is CCC(C)NC(=O)N1CCN(CC(C)(C)C)CC1. The molecule has 0 aromatic rings. The van der Waals surface area contributed by atoms with Crippen LogP contribution in [0.1, 0.15) is 41.0 Å². The van der Waals surface area contributed by atoms with Crippen molar-refractivity contribution in [1.82, 2.24) is 15.1 Å². The average Bonchev–Trinajstić information content (AvgIpc) is 2.27. The van der Waals surface area contributed by atoms with E-state index in [0.29, 0.717) is 5.41 Å². The minimum Gasteiger partial charge on any atom is -0.336 e.